The van der Waals surface area contributed by atoms with E-state index in [0.717, 1.165) is 67.6 Å². The maximum Gasteiger partial charge on any atom is 0.416 e. The number of likely N-dealkylation sites (tertiary alicyclic amines) is 1. The van der Waals surface area contributed by atoms with E-state index in [1.165, 1.54) is 19.1 Å². The van der Waals surface area contributed by atoms with Crippen molar-refractivity contribution in [2.45, 2.75) is 103 Å². The van der Waals surface area contributed by atoms with Crippen molar-refractivity contribution < 1.29 is 36.6 Å². The highest BCUT2D eigenvalue weighted by Crippen LogP contribution is 2.41. The molecule has 3 atom stereocenters. The second-order valence-corrected chi connectivity index (χ2v) is 14.2. The Kier molecular flexibility index (Phi) is 11.6. The first-order valence-electron chi connectivity index (χ1n) is 16.5. The average Bonchev–Trinajstić information content (AvgIpc) is 2.98. The zero-order valence-corrected chi connectivity index (χ0v) is 27.8. The van der Waals surface area contributed by atoms with Gasteiger partial charge in [0.1, 0.15) is 0 Å². The molecule has 0 radical (unpaired) electrons. The average molecular weight is 664 g/mol. The normalized spacial score (nSPS) is 18.1. The minimum Gasteiger partial charge on any atom is -0.365 e. The van der Waals surface area contributed by atoms with Gasteiger partial charge < -0.3 is 10.2 Å². The molecule has 258 valence electrons. The summed E-state index contributed by atoms with van der Waals surface area (Å²) in [6, 6.07) is 16.2. The second kappa shape index (κ2) is 14.7. The molecule has 0 aliphatic carbocycles. The molecular weight excluding hydrogens is 616 g/mol. The van der Waals surface area contributed by atoms with Gasteiger partial charge in [0, 0.05) is 18.5 Å². The molecule has 0 spiro atoms. The standard InChI is InChI=1S/C38H47F6NO2/c1-24(2)8-17-35(27-11-15-33(16-12-27)38(42,43)44)45-18-6-7-28(23-45)30-20-29(26-9-13-32(14-10-26)37(39,40)41)21-31(22-30)34(19-25(3)4)36(5,46)47/h9-16,20-22,24-25,28,34-35,46-47H,6-8,17-19,23H2,1-5H3/t28?,34-,35?/m1/s1. The zero-order chi connectivity index (χ0) is 34.7. The van der Waals surface area contributed by atoms with Gasteiger partial charge in [-0.25, -0.2) is 0 Å². The highest BCUT2D eigenvalue weighted by molar-refractivity contribution is 5.66. The summed E-state index contributed by atoms with van der Waals surface area (Å²) in [5, 5.41) is 21.7. The Morgan fingerprint density at radius 1 is 0.723 bits per heavy atom. The first-order valence-corrected chi connectivity index (χ1v) is 16.5. The summed E-state index contributed by atoms with van der Waals surface area (Å²) in [5.74, 6) is -2.08. The molecule has 47 heavy (non-hydrogen) atoms. The van der Waals surface area contributed by atoms with Gasteiger partial charge in [0.15, 0.2) is 5.79 Å². The number of piperidine rings is 1. The molecule has 0 aromatic heterocycles. The summed E-state index contributed by atoms with van der Waals surface area (Å²) >= 11 is 0. The number of hydrogen-bond donors (Lipinski definition) is 2. The molecule has 2 unspecified atom stereocenters. The first-order chi connectivity index (χ1) is 21.8. The fourth-order valence-electron chi connectivity index (χ4n) is 6.79. The van der Waals surface area contributed by atoms with Gasteiger partial charge in [-0.3, -0.25) is 4.90 Å². The summed E-state index contributed by atoms with van der Waals surface area (Å²) in [6.07, 6.45) is -4.99. The molecule has 2 N–H and O–H groups in total. The molecular formula is C38H47F6NO2. The van der Waals surface area contributed by atoms with Gasteiger partial charge in [-0.05, 0) is 115 Å². The number of hydrogen-bond acceptors (Lipinski definition) is 3. The predicted octanol–water partition coefficient (Wildman–Crippen LogP) is 10.6. The lowest BCUT2D eigenvalue weighted by Gasteiger charge is -2.40. The molecule has 9 heteroatoms. The number of rotatable bonds is 11. The molecule has 0 amide bonds. The van der Waals surface area contributed by atoms with E-state index in [1.807, 2.05) is 32.0 Å². The van der Waals surface area contributed by atoms with E-state index in [4.69, 9.17) is 0 Å². The third kappa shape index (κ3) is 9.83. The Morgan fingerprint density at radius 3 is 1.81 bits per heavy atom. The summed E-state index contributed by atoms with van der Waals surface area (Å²) < 4.78 is 80.0. The van der Waals surface area contributed by atoms with E-state index < -0.39 is 35.2 Å². The number of aliphatic hydroxyl groups is 2. The molecule has 1 aliphatic heterocycles. The van der Waals surface area contributed by atoms with E-state index in [0.29, 0.717) is 35.6 Å². The molecule has 3 aromatic carbocycles. The zero-order valence-electron chi connectivity index (χ0n) is 27.8. The minimum atomic E-state index is -4.46. The van der Waals surface area contributed by atoms with Crippen LogP contribution in [0.5, 0.6) is 0 Å². The van der Waals surface area contributed by atoms with Crippen LogP contribution >= 0.6 is 0 Å². The van der Waals surface area contributed by atoms with Crippen molar-refractivity contribution in [1.29, 1.82) is 0 Å². The van der Waals surface area contributed by atoms with E-state index in [2.05, 4.69) is 18.7 Å². The van der Waals surface area contributed by atoms with Crippen LogP contribution in [0.15, 0.2) is 66.7 Å². The SMILES string of the molecule is CC(C)CCC(c1ccc(C(F)(F)F)cc1)N1CCCC(c2cc(-c3ccc(C(F)(F)F)cc3)cc([C@@H](CC(C)C)C(C)(O)O)c2)C1. The Balaban J connectivity index is 1.74. The van der Waals surface area contributed by atoms with Crippen LogP contribution in [0.3, 0.4) is 0 Å². The quantitative estimate of drug-likeness (QED) is 0.159. The number of nitrogens with zero attached hydrogens (tertiary/aromatic N) is 1. The Hall–Kier alpha value is -2.88. The molecule has 1 saturated heterocycles. The van der Waals surface area contributed by atoms with Crippen molar-refractivity contribution in [3.05, 3.63) is 94.5 Å². The lowest BCUT2D eigenvalue weighted by atomic mass is 9.80. The fourth-order valence-corrected chi connectivity index (χ4v) is 6.79. The van der Waals surface area contributed by atoms with Crippen LogP contribution in [0.2, 0.25) is 0 Å². The third-order valence-electron chi connectivity index (χ3n) is 9.30. The van der Waals surface area contributed by atoms with Gasteiger partial charge in [-0.15, -0.1) is 0 Å². The van der Waals surface area contributed by atoms with Crippen LogP contribution in [0, 0.1) is 11.8 Å². The van der Waals surface area contributed by atoms with Crippen molar-refractivity contribution in [2.75, 3.05) is 13.1 Å². The van der Waals surface area contributed by atoms with Crippen LogP contribution < -0.4 is 0 Å². The Bertz CT molecular complexity index is 1440. The largest absolute Gasteiger partial charge is 0.416 e. The van der Waals surface area contributed by atoms with Crippen molar-refractivity contribution in [2.24, 2.45) is 11.8 Å². The molecule has 4 rings (SSSR count). The van der Waals surface area contributed by atoms with Gasteiger partial charge in [0.25, 0.3) is 0 Å². The predicted molar refractivity (Wildman–Crippen MR) is 174 cm³/mol. The van der Waals surface area contributed by atoms with Gasteiger partial charge in [-0.2, -0.15) is 26.3 Å². The Morgan fingerprint density at radius 2 is 1.30 bits per heavy atom. The molecule has 0 saturated carbocycles. The number of halogens is 6. The van der Waals surface area contributed by atoms with E-state index in [-0.39, 0.29) is 17.9 Å². The number of alkyl halides is 6. The van der Waals surface area contributed by atoms with Crippen LogP contribution in [0.1, 0.15) is 112 Å². The van der Waals surface area contributed by atoms with Crippen molar-refractivity contribution in [3.8, 4) is 11.1 Å². The van der Waals surface area contributed by atoms with Crippen molar-refractivity contribution in [1.82, 2.24) is 4.90 Å². The van der Waals surface area contributed by atoms with Crippen molar-refractivity contribution in [3.63, 3.8) is 0 Å². The van der Waals surface area contributed by atoms with Crippen LogP contribution in [0.25, 0.3) is 11.1 Å². The highest BCUT2D eigenvalue weighted by Gasteiger charge is 2.35. The maximum absolute atomic E-state index is 13.3. The van der Waals surface area contributed by atoms with Gasteiger partial charge in [-0.1, -0.05) is 70.2 Å². The summed E-state index contributed by atoms with van der Waals surface area (Å²) in [5.41, 5.74) is 2.36. The summed E-state index contributed by atoms with van der Waals surface area (Å²) in [4.78, 5) is 2.34. The van der Waals surface area contributed by atoms with Gasteiger partial charge >= 0.3 is 12.4 Å². The van der Waals surface area contributed by atoms with Gasteiger partial charge in [0.2, 0.25) is 0 Å². The monoisotopic (exact) mass is 663 g/mol. The van der Waals surface area contributed by atoms with Crippen LogP contribution in [0.4, 0.5) is 26.3 Å². The van der Waals surface area contributed by atoms with Gasteiger partial charge in [0.05, 0.1) is 11.1 Å². The smallest absolute Gasteiger partial charge is 0.365 e. The lowest BCUT2D eigenvalue weighted by molar-refractivity contribution is -0.166. The van der Waals surface area contributed by atoms with Crippen molar-refractivity contribution >= 4 is 0 Å². The molecule has 3 nitrogen and oxygen atoms in total. The number of benzene rings is 3. The molecule has 1 aliphatic rings. The van der Waals surface area contributed by atoms with Crippen LogP contribution in [-0.4, -0.2) is 34.0 Å². The van der Waals surface area contributed by atoms with E-state index in [9.17, 15) is 36.6 Å². The topological polar surface area (TPSA) is 43.7 Å². The molecule has 1 fully saturated rings. The molecule has 1 heterocycles. The Labute approximate surface area is 274 Å². The van der Waals surface area contributed by atoms with E-state index >= 15 is 0 Å². The summed E-state index contributed by atoms with van der Waals surface area (Å²) in [6.45, 7) is 11.0. The first kappa shape index (κ1) is 36.9. The van der Waals surface area contributed by atoms with Crippen LogP contribution in [-0.2, 0) is 12.4 Å². The highest BCUT2D eigenvalue weighted by atomic mass is 19.4. The lowest BCUT2D eigenvalue weighted by Crippen LogP contribution is -2.38. The molecule has 3 aromatic rings. The minimum absolute atomic E-state index is 0.0243. The second-order valence-electron chi connectivity index (χ2n) is 14.2. The fraction of sp³-hybridized carbons (Fsp3) is 0.526. The molecule has 0 bridgehead atoms. The maximum atomic E-state index is 13.3. The third-order valence-corrected chi connectivity index (χ3v) is 9.30. The van der Waals surface area contributed by atoms with E-state index in [1.54, 1.807) is 12.1 Å². The summed E-state index contributed by atoms with van der Waals surface area (Å²) in [7, 11) is 0.